The fraction of sp³-hybridized carbons (Fsp3) is 0.200. The van der Waals surface area contributed by atoms with E-state index in [1.54, 1.807) is 43.4 Å². The van der Waals surface area contributed by atoms with Crippen LogP contribution in [-0.4, -0.2) is 22.6 Å². The summed E-state index contributed by atoms with van der Waals surface area (Å²) in [4.78, 5) is 0.199. The van der Waals surface area contributed by atoms with Crippen LogP contribution in [0.5, 0.6) is 5.75 Å². The molecule has 0 aliphatic rings. The largest absolute Gasteiger partial charge is 0.495 e. The van der Waals surface area contributed by atoms with Gasteiger partial charge in [-0.15, -0.1) is 0 Å². The number of ether oxygens (including phenoxy) is 1. The van der Waals surface area contributed by atoms with Gasteiger partial charge in [-0.3, -0.25) is 4.72 Å². The van der Waals surface area contributed by atoms with Crippen LogP contribution in [0.15, 0.2) is 47.4 Å². The third kappa shape index (κ3) is 3.46. The van der Waals surface area contributed by atoms with Crippen molar-refractivity contribution in [3.63, 3.8) is 0 Å². The molecule has 0 heterocycles. The minimum absolute atomic E-state index is 0.199. The SMILES string of the molecule is CNc1ccc(S(=O)(=O)Nc2cc(C)ccc2OC)cc1. The van der Waals surface area contributed by atoms with Crippen LogP contribution >= 0.6 is 0 Å². The zero-order valence-electron chi connectivity index (χ0n) is 12.2. The van der Waals surface area contributed by atoms with Gasteiger partial charge in [0.2, 0.25) is 0 Å². The molecule has 2 aromatic rings. The second kappa shape index (κ2) is 6.05. The molecule has 0 aliphatic heterocycles. The van der Waals surface area contributed by atoms with Gasteiger partial charge in [0.15, 0.2) is 0 Å². The van der Waals surface area contributed by atoms with Gasteiger partial charge in [0.1, 0.15) is 5.75 Å². The number of rotatable bonds is 5. The lowest BCUT2D eigenvalue weighted by Crippen LogP contribution is -2.13. The third-order valence-electron chi connectivity index (χ3n) is 3.05. The van der Waals surface area contributed by atoms with Crippen molar-refractivity contribution in [3.05, 3.63) is 48.0 Å². The Hall–Kier alpha value is -2.21. The van der Waals surface area contributed by atoms with Gasteiger partial charge >= 0.3 is 0 Å². The molecule has 0 aromatic heterocycles. The smallest absolute Gasteiger partial charge is 0.262 e. The van der Waals surface area contributed by atoms with Crippen molar-refractivity contribution < 1.29 is 13.2 Å². The van der Waals surface area contributed by atoms with Crippen molar-refractivity contribution in [1.82, 2.24) is 0 Å². The molecule has 0 bridgehead atoms. The van der Waals surface area contributed by atoms with Crippen molar-refractivity contribution in [2.75, 3.05) is 24.2 Å². The maximum Gasteiger partial charge on any atom is 0.262 e. The normalized spacial score (nSPS) is 11.0. The molecule has 0 spiro atoms. The second-order valence-electron chi connectivity index (χ2n) is 4.58. The maximum atomic E-state index is 12.4. The van der Waals surface area contributed by atoms with Gasteiger partial charge < -0.3 is 10.1 Å². The number of methoxy groups -OCH3 is 1. The fourth-order valence-electron chi connectivity index (χ4n) is 1.91. The first-order valence-corrected chi connectivity index (χ1v) is 7.90. The third-order valence-corrected chi connectivity index (χ3v) is 4.43. The highest BCUT2D eigenvalue weighted by Gasteiger charge is 2.16. The van der Waals surface area contributed by atoms with Gasteiger partial charge in [0, 0.05) is 12.7 Å². The van der Waals surface area contributed by atoms with Crippen LogP contribution < -0.4 is 14.8 Å². The summed E-state index contributed by atoms with van der Waals surface area (Å²) in [5, 5.41) is 2.95. The lowest BCUT2D eigenvalue weighted by Gasteiger charge is -2.13. The number of benzene rings is 2. The number of sulfonamides is 1. The summed E-state index contributed by atoms with van der Waals surface area (Å²) >= 11 is 0. The summed E-state index contributed by atoms with van der Waals surface area (Å²) in [5.41, 5.74) is 2.22. The summed E-state index contributed by atoms with van der Waals surface area (Å²) in [6, 6.07) is 11.9. The molecular formula is C15H18N2O3S. The van der Waals surface area contributed by atoms with Crippen molar-refractivity contribution in [2.24, 2.45) is 0 Å². The zero-order valence-corrected chi connectivity index (χ0v) is 13.0. The van der Waals surface area contributed by atoms with Crippen molar-refractivity contribution in [1.29, 1.82) is 0 Å². The van der Waals surface area contributed by atoms with E-state index in [1.165, 1.54) is 7.11 Å². The molecule has 0 fully saturated rings. The van der Waals surface area contributed by atoms with Gasteiger partial charge in [-0.25, -0.2) is 8.42 Å². The summed E-state index contributed by atoms with van der Waals surface area (Å²) in [5.74, 6) is 0.482. The predicted molar refractivity (Wildman–Crippen MR) is 84.5 cm³/mol. The molecule has 0 amide bonds. The van der Waals surface area contributed by atoms with Gasteiger partial charge in [-0.1, -0.05) is 6.07 Å². The van der Waals surface area contributed by atoms with E-state index in [9.17, 15) is 8.42 Å². The quantitative estimate of drug-likeness (QED) is 0.891. The Balaban J connectivity index is 2.34. The fourth-order valence-corrected chi connectivity index (χ4v) is 2.97. The predicted octanol–water partition coefficient (Wildman–Crippen LogP) is 2.85. The van der Waals surface area contributed by atoms with Gasteiger partial charge in [0.25, 0.3) is 10.0 Å². The van der Waals surface area contributed by atoms with Crippen LogP contribution in [0.3, 0.4) is 0 Å². The molecule has 0 saturated carbocycles. The van der Waals surface area contributed by atoms with E-state index in [0.717, 1.165) is 11.3 Å². The number of hydrogen-bond acceptors (Lipinski definition) is 4. The summed E-state index contributed by atoms with van der Waals surface area (Å²) < 4.78 is 32.5. The molecule has 6 heteroatoms. The summed E-state index contributed by atoms with van der Waals surface area (Å²) in [7, 11) is -0.364. The average Bonchev–Trinajstić information content (AvgIpc) is 2.47. The van der Waals surface area contributed by atoms with Crippen molar-refractivity contribution >= 4 is 21.4 Å². The molecule has 2 N–H and O–H groups in total. The van der Waals surface area contributed by atoms with Crippen LogP contribution in [0.4, 0.5) is 11.4 Å². The van der Waals surface area contributed by atoms with Gasteiger partial charge in [-0.05, 0) is 48.9 Å². The van der Waals surface area contributed by atoms with Crippen molar-refractivity contribution in [3.8, 4) is 5.75 Å². The molecule has 0 atom stereocenters. The van der Waals surface area contributed by atoms with E-state index >= 15 is 0 Å². The molecule has 0 saturated heterocycles. The molecule has 0 radical (unpaired) electrons. The van der Waals surface area contributed by atoms with E-state index in [2.05, 4.69) is 10.0 Å². The Morgan fingerprint density at radius 3 is 2.29 bits per heavy atom. The van der Waals surface area contributed by atoms with Crippen LogP contribution in [0.25, 0.3) is 0 Å². The second-order valence-corrected chi connectivity index (χ2v) is 6.27. The number of nitrogens with one attached hydrogen (secondary N) is 2. The summed E-state index contributed by atoms with van der Waals surface area (Å²) in [6.07, 6.45) is 0. The Morgan fingerprint density at radius 2 is 1.71 bits per heavy atom. The Kier molecular flexibility index (Phi) is 4.37. The van der Waals surface area contributed by atoms with Crippen LogP contribution in [-0.2, 0) is 10.0 Å². The Morgan fingerprint density at radius 1 is 1.05 bits per heavy atom. The van der Waals surface area contributed by atoms with Crippen LogP contribution in [0, 0.1) is 6.92 Å². The number of hydrogen-bond donors (Lipinski definition) is 2. The maximum absolute atomic E-state index is 12.4. The lowest BCUT2D eigenvalue weighted by atomic mass is 10.2. The molecule has 2 aromatic carbocycles. The highest BCUT2D eigenvalue weighted by atomic mass is 32.2. The highest BCUT2D eigenvalue weighted by molar-refractivity contribution is 7.92. The highest BCUT2D eigenvalue weighted by Crippen LogP contribution is 2.28. The first-order chi connectivity index (χ1) is 9.96. The monoisotopic (exact) mass is 306 g/mol. The van der Waals surface area contributed by atoms with E-state index < -0.39 is 10.0 Å². The molecule has 2 rings (SSSR count). The minimum Gasteiger partial charge on any atom is -0.495 e. The lowest BCUT2D eigenvalue weighted by molar-refractivity contribution is 0.417. The van der Waals surface area contributed by atoms with Crippen LogP contribution in [0.2, 0.25) is 0 Å². The van der Waals surface area contributed by atoms with Gasteiger partial charge in [0.05, 0.1) is 17.7 Å². The number of aryl methyl sites for hydroxylation is 1. The van der Waals surface area contributed by atoms with E-state index in [0.29, 0.717) is 11.4 Å². The topological polar surface area (TPSA) is 67.4 Å². The van der Waals surface area contributed by atoms with E-state index in [4.69, 9.17) is 4.74 Å². The van der Waals surface area contributed by atoms with E-state index in [-0.39, 0.29) is 4.90 Å². The Bertz CT molecular complexity index is 725. The molecule has 5 nitrogen and oxygen atoms in total. The summed E-state index contributed by atoms with van der Waals surface area (Å²) in [6.45, 7) is 1.89. The first kappa shape index (κ1) is 15.2. The van der Waals surface area contributed by atoms with Crippen LogP contribution in [0.1, 0.15) is 5.56 Å². The Labute approximate surface area is 125 Å². The minimum atomic E-state index is -3.65. The molecule has 21 heavy (non-hydrogen) atoms. The molecular weight excluding hydrogens is 288 g/mol. The number of anilines is 2. The van der Waals surface area contributed by atoms with Gasteiger partial charge in [-0.2, -0.15) is 0 Å². The standard InChI is InChI=1S/C15H18N2O3S/c1-11-4-9-15(20-3)14(10-11)17-21(18,19)13-7-5-12(16-2)6-8-13/h4-10,16-17H,1-3H3. The first-order valence-electron chi connectivity index (χ1n) is 6.41. The average molecular weight is 306 g/mol. The zero-order chi connectivity index (χ0) is 15.5. The van der Waals surface area contributed by atoms with Crippen molar-refractivity contribution in [2.45, 2.75) is 11.8 Å². The molecule has 0 unspecified atom stereocenters. The van der Waals surface area contributed by atoms with E-state index in [1.807, 2.05) is 13.0 Å². The molecule has 0 aliphatic carbocycles. The molecule has 112 valence electrons.